The quantitative estimate of drug-likeness (QED) is 0.646. The van der Waals surface area contributed by atoms with E-state index in [1.54, 1.807) is 26.4 Å². The number of carbonyl (C=O) groups is 1. The predicted octanol–water partition coefficient (Wildman–Crippen LogP) is 5.09. The summed E-state index contributed by atoms with van der Waals surface area (Å²) >= 11 is 0. The summed E-state index contributed by atoms with van der Waals surface area (Å²) < 4.78 is 10.8. The smallest absolute Gasteiger partial charge is 0.193 e. The van der Waals surface area contributed by atoms with Crippen molar-refractivity contribution in [1.82, 2.24) is 0 Å². The van der Waals surface area contributed by atoms with Crippen LogP contribution >= 0.6 is 8.58 Å². The summed E-state index contributed by atoms with van der Waals surface area (Å²) in [5, 5.41) is 1.11. The Morgan fingerprint density at radius 2 is 1.52 bits per heavy atom. The van der Waals surface area contributed by atoms with Gasteiger partial charge in [-0.1, -0.05) is 52.0 Å². The van der Waals surface area contributed by atoms with E-state index in [1.807, 2.05) is 6.07 Å². The minimum atomic E-state index is 0.0363. The van der Waals surface area contributed by atoms with E-state index in [9.17, 15) is 4.79 Å². The van der Waals surface area contributed by atoms with Crippen LogP contribution in [0.15, 0.2) is 36.4 Å². The maximum absolute atomic E-state index is 13.1. The standard InChI is InChI=1S/C21H27O3P/c1-13(2)15-10-11-16(14(3)4)19(12-15)25-21(22)20-17(23-5)8-7-9-18(20)24-6/h7-14,25H,1-6H3. The summed E-state index contributed by atoms with van der Waals surface area (Å²) in [6.07, 6.45) is 0. The Labute approximate surface area is 152 Å². The molecule has 0 spiro atoms. The molecule has 0 fully saturated rings. The van der Waals surface area contributed by atoms with E-state index < -0.39 is 0 Å². The third-order valence-electron chi connectivity index (χ3n) is 4.27. The SMILES string of the molecule is COc1cccc(OC)c1C(=O)Pc1cc(C(C)C)ccc1C(C)C. The summed E-state index contributed by atoms with van der Waals surface area (Å²) in [6.45, 7) is 8.66. The van der Waals surface area contributed by atoms with Crippen molar-refractivity contribution in [1.29, 1.82) is 0 Å². The van der Waals surface area contributed by atoms with Gasteiger partial charge in [0.05, 0.1) is 14.2 Å². The zero-order valence-electron chi connectivity index (χ0n) is 15.8. The van der Waals surface area contributed by atoms with E-state index in [-0.39, 0.29) is 14.1 Å². The van der Waals surface area contributed by atoms with Crippen molar-refractivity contribution < 1.29 is 14.3 Å². The monoisotopic (exact) mass is 358 g/mol. The van der Waals surface area contributed by atoms with Crippen LogP contribution < -0.4 is 14.8 Å². The Bertz CT molecular complexity index is 729. The van der Waals surface area contributed by atoms with Crippen molar-refractivity contribution >= 4 is 19.4 Å². The highest BCUT2D eigenvalue weighted by atomic mass is 31.1. The van der Waals surface area contributed by atoms with E-state index in [0.717, 1.165) is 5.30 Å². The first-order chi connectivity index (χ1) is 11.9. The zero-order chi connectivity index (χ0) is 18.6. The average molecular weight is 358 g/mol. The van der Waals surface area contributed by atoms with E-state index in [1.165, 1.54) is 11.1 Å². The largest absolute Gasteiger partial charge is 0.496 e. The van der Waals surface area contributed by atoms with Gasteiger partial charge < -0.3 is 9.47 Å². The van der Waals surface area contributed by atoms with E-state index in [4.69, 9.17) is 9.47 Å². The Morgan fingerprint density at radius 3 is 2.00 bits per heavy atom. The molecule has 0 radical (unpaired) electrons. The first kappa shape index (κ1) is 19.5. The van der Waals surface area contributed by atoms with Crippen LogP contribution in [-0.2, 0) is 0 Å². The highest BCUT2D eigenvalue weighted by Gasteiger charge is 2.20. The lowest BCUT2D eigenvalue weighted by Crippen LogP contribution is -2.12. The molecular weight excluding hydrogens is 331 g/mol. The van der Waals surface area contributed by atoms with Crippen LogP contribution in [0.2, 0.25) is 0 Å². The fourth-order valence-corrected chi connectivity index (χ4v) is 4.18. The fourth-order valence-electron chi connectivity index (χ4n) is 2.80. The van der Waals surface area contributed by atoms with Gasteiger partial charge in [-0.15, -0.1) is 0 Å². The maximum Gasteiger partial charge on any atom is 0.193 e. The summed E-state index contributed by atoms with van der Waals surface area (Å²) in [5.74, 6) is 1.92. The first-order valence-electron chi connectivity index (χ1n) is 8.55. The molecule has 0 heterocycles. The lowest BCUT2D eigenvalue weighted by molar-refractivity contribution is 0.108. The average Bonchev–Trinajstić information content (AvgIpc) is 2.60. The molecule has 0 aromatic heterocycles. The van der Waals surface area contributed by atoms with Gasteiger partial charge in [-0.3, -0.25) is 4.79 Å². The van der Waals surface area contributed by atoms with Crippen molar-refractivity contribution in [3.63, 3.8) is 0 Å². The number of methoxy groups -OCH3 is 2. The third-order valence-corrected chi connectivity index (χ3v) is 5.45. The molecule has 4 heteroatoms. The second-order valence-corrected chi connectivity index (χ2v) is 7.89. The van der Waals surface area contributed by atoms with Gasteiger partial charge in [0.15, 0.2) is 5.52 Å². The molecule has 134 valence electrons. The van der Waals surface area contributed by atoms with Crippen LogP contribution in [0.5, 0.6) is 11.5 Å². The number of hydrogen-bond acceptors (Lipinski definition) is 3. The zero-order valence-corrected chi connectivity index (χ0v) is 16.8. The molecule has 0 saturated heterocycles. The van der Waals surface area contributed by atoms with Gasteiger partial charge in [-0.05, 0) is 49.0 Å². The third kappa shape index (κ3) is 4.41. The van der Waals surface area contributed by atoms with Crippen molar-refractivity contribution in [2.45, 2.75) is 39.5 Å². The minimum absolute atomic E-state index is 0.0363. The molecule has 2 rings (SSSR count). The van der Waals surface area contributed by atoms with Crippen molar-refractivity contribution in [2.75, 3.05) is 14.2 Å². The molecule has 0 saturated carbocycles. The van der Waals surface area contributed by atoms with Crippen molar-refractivity contribution in [3.05, 3.63) is 53.1 Å². The van der Waals surface area contributed by atoms with Gasteiger partial charge in [0, 0.05) is 0 Å². The fraction of sp³-hybridized carbons (Fsp3) is 0.381. The van der Waals surface area contributed by atoms with Gasteiger partial charge in [-0.25, -0.2) is 0 Å². The number of carbonyl (C=O) groups excluding carboxylic acids is 1. The Hall–Kier alpha value is -1.86. The molecule has 2 aromatic carbocycles. The summed E-state index contributed by atoms with van der Waals surface area (Å²) in [5.41, 5.74) is 3.05. The molecule has 1 atom stereocenters. The normalized spacial score (nSPS) is 11.5. The number of rotatable bonds is 7. The molecule has 2 aromatic rings. The Balaban J connectivity index is 2.46. The van der Waals surface area contributed by atoms with Gasteiger partial charge >= 0.3 is 0 Å². The number of benzene rings is 2. The molecular formula is C21H27O3P. The molecule has 0 N–H and O–H groups in total. The van der Waals surface area contributed by atoms with Gasteiger partial charge in [0.2, 0.25) is 0 Å². The number of ether oxygens (including phenoxy) is 2. The predicted molar refractivity (Wildman–Crippen MR) is 106 cm³/mol. The van der Waals surface area contributed by atoms with Crippen LogP contribution in [0, 0.1) is 0 Å². The van der Waals surface area contributed by atoms with Crippen LogP contribution in [0.25, 0.3) is 0 Å². The van der Waals surface area contributed by atoms with Crippen LogP contribution in [0.1, 0.15) is 61.0 Å². The highest BCUT2D eigenvalue weighted by Crippen LogP contribution is 2.35. The Kier molecular flexibility index (Phi) is 6.61. The second-order valence-electron chi connectivity index (χ2n) is 6.65. The number of hydrogen-bond donors (Lipinski definition) is 0. The van der Waals surface area contributed by atoms with Crippen LogP contribution in [0.4, 0.5) is 0 Å². The molecule has 0 aliphatic heterocycles. The van der Waals surface area contributed by atoms with Gasteiger partial charge in [-0.2, -0.15) is 0 Å². The minimum Gasteiger partial charge on any atom is -0.496 e. The van der Waals surface area contributed by atoms with Crippen molar-refractivity contribution in [3.8, 4) is 11.5 Å². The molecule has 0 aliphatic carbocycles. The molecule has 1 unspecified atom stereocenters. The van der Waals surface area contributed by atoms with Crippen molar-refractivity contribution in [2.24, 2.45) is 0 Å². The summed E-state index contributed by atoms with van der Waals surface area (Å²) in [6, 6.07) is 11.9. The molecule has 0 amide bonds. The molecule has 3 nitrogen and oxygen atoms in total. The summed E-state index contributed by atoms with van der Waals surface area (Å²) in [7, 11) is 3.19. The molecule has 25 heavy (non-hydrogen) atoms. The van der Waals surface area contributed by atoms with Crippen LogP contribution in [0.3, 0.4) is 0 Å². The lowest BCUT2D eigenvalue weighted by Gasteiger charge is -2.17. The lowest BCUT2D eigenvalue weighted by atomic mass is 9.97. The van der Waals surface area contributed by atoms with Crippen LogP contribution in [-0.4, -0.2) is 19.7 Å². The second kappa shape index (κ2) is 8.49. The van der Waals surface area contributed by atoms with E-state index >= 15 is 0 Å². The highest BCUT2D eigenvalue weighted by molar-refractivity contribution is 7.66. The summed E-state index contributed by atoms with van der Waals surface area (Å²) in [4.78, 5) is 13.1. The van der Waals surface area contributed by atoms with E-state index in [0.29, 0.717) is 28.9 Å². The maximum atomic E-state index is 13.1. The first-order valence-corrected chi connectivity index (χ1v) is 9.55. The van der Waals surface area contributed by atoms with E-state index in [2.05, 4.69) is 45.9 Å². The molecule has 0 aliphatic rings. The van der Waals surface area contributed by atoms with Gasteiger partial charge in [0.25, 0.3) is 0 Å². The topological polar surface area (TPSA) is 35.5 Å². The Morgan fingerprint density at radius 1 is 0.920 bits per heavy atom. The molecule has 0 bridgehead atoms. The van der Waals surface area contributed by atoms with Gasteiger partial charge in [0.1, 0.15) is 17.1 Å².